The van der Waals surface area contributed by atoms with Gasteiger partial charge in [-0.1, -0.05) is 127 Å². The third-order valence-electron chi connectivity index (χ3n) is 7.47. The third kappa shape index (κ3) is 3.78. The summed E-state index contributed by atoms with van der Waals surface area (Å²) in [5.74, 6) is 0.670. The van der Waals surface area contributed by atoms with E-state index < -0.39 is 0 Å². The van der Waals surface area contributed by atoms with Gasteiger partial charge in [0.1, 0.15) is 5.37 Å². The average molecular weight is 533 g/mol. The van der Waals surface area contributed by atoms with Crippen LogP contribution >= 0.6 is 11.8 Å². The molecule has 0 amide bonds. The van der Waals surface area contributed by atoms with E-state index in [9.17, 15) is 0 Å². The van der Waals surface area contributed by atoms with Gasteiger partial charge in [-0.25, -0.2) is 9.97 Å². The zero-order valence-electron chi connectivity index (χ0n) is 21.5. The zero-order chi connectivity index (χ0) is 26.5. The molecule has 3 heterocycles. The molecular weight excluding hydrogens is 508 g/mol. The molecule has 0 radical (unpaired) electrons. The first-order chi connectivity index (χ1) is 19.8. The van der Waals surface area contributed by atoms with Crippen LogP contribution in [0.3, 0.4) is 0 Å². The summed E-state index contributed by atoms with van der Waals surface area (Å²) in [5, 5.41) is 6.29. The maximum absolute atomic E-state index is 5.20. The van der Waals surface area contributed by atoms with Crippen LogP contribution in [0, 0.1) is 0 Å². The lowest BCUT2D eigenvalue weighted by atomic mass is 10.1. The van der Waals surface area contributed by atoms with Crippen molar-refractivity contribution in [1.29, 1.82) is 0 Å². The van der Waals surface area contributed by atoms with Crippen molar-refractivity contribution in [2.45, 2.75) is 10.3 Å². The topological polar surface area (TPSA) is 42.7 Å². The molecule has 7 aromatic rings. The maximum atomic E-state index is 5.20. The van der Waals surface area contributed by atoms with E-state index >= 15 is 0 Å². The molecule has 1 unspecified atom stereocenters. The van der Waals surface area contributed by atoms with E-state index in [0.717, 1.165) is 39.2 Å². The maximum Gasteiger partial charge on any atom is 0.235 e. The molecule has 40 heavy (non-hydrogen) atoms. The van der Waals surface area contributed by atoms with Crippen molar-refractivity contribution in [2.24, 2.45) is 0 Å². The Kier molecular flexibility index (Phi) is 5.42. The van der Waals surface area contributed by atoms with Gasteiger partial charge in [-0.05, 0) is 23.8 Å². The van der Waals surface area contributed by atoms with Crippen LogP contribution in [0.25, 0.3) is 50.3 Å². The summed E-state index contributed by atoms with van der Waals surface area (Å²) < 4.78 is 2.25. The molecule has 4 nitrogen and oxygen atoms in total. The van der Waals surface area contributed by atoms with E-state index in [0.29, 0.717) is 5.95 Å². The van der Waals surface area contributed by atoms with Gasteiger partial charge in [0, 0.05) is 21.9 Å². The molecular formula is C35H24N4S. The predicted octanol–water partition coefficient (Wildman–Crippen LogP) is 9.12. The highest BCUT2D eigenvalue weighted by atomic mass is 32.2. The summed E-state index contributed by atoms with van der Waals surface area (Å²) in [6.07, 6.45) is 0. The largest absolute Gasteiger partial charge is 0.368 e. The summed E-state index contributed by atoms with van der Waals surface area (Å²) >= 11 is 1.86. The molecule has 1 N–H and O–H groups in total. The van der Waals surface area contributed by atoms with E-state index in [1.165, 1.54) is 21.2 Å². The molecule has 0 aliphatic carbocycles. The minimum Gasteiger partial charge on any atom is -0.368 e. The van der Waals surface area contributed by atoms with Gasteiger partial charge in [0.15, 0.2) is 0 Å². The van der Waals surface area contributed by atoms with E-state index in [2.05, 4.69) is 131 Å². The Bertz CT molecular complexity index is 1940. The normalized spacial score (nSPS) is 14.3. The van der Waals surface area contributed by atoms with Crippen LogP contribution in [0.5, 0.6) is 0 Å². The van der Waals surface area contributed by atoms with Crippen molar-refractivity contribution in [3.05, 3.63) is 139 Å². The Morgan fingerprint density at radius 1 is 0.600 bits per heavy atom. The number of aromatic nitrogens is 3. The summed E-state index contributed by atoms with van der Waals surface area (Å²) in [7, 11) is 0. The fourth-order valence-corrected chi connectivity index (χ4v) is 6.87. The summed E-state index contributed by atoms with van der Waals surface area (Å²) in [5.41, 5.74) is 8.56. The van der Waals surface area contributed by atoms with E-state index in [4.69, 9.17) is 9.97 Å². The highest BCUT2D eigenvalue weighted by Crippen LogP contribution is 2.51. The third-order valence-corrected chi connectivity index (χ3v) is 8.74. The van der Waals surface area contributed by atoms with Gasteiger partial charge < -0.3 is 5.32 Å². The molecule has 0 saturated carbocycles. The van der Waals surface area contributed by atoms with Crippen molar-refractivity contribution in [1.82, 2.24) is 14.5 Å². The number of rotatable bonds is 4. The van der Waals surface area contributed by atoms with Crippen LogP contribution in [0.1, 0.15) is 10.9 Å². The van der Waals surface area contributed by atoms with Crippen molar-refractivity contribution in [3.8, 4) is 28.5 Å². The van der Waals surface area contributed by atoms with Gasteiger partial charge in [0.2, 0.25) is 5.95 Å². The molecule has 190 valence electrons. The van der Waals surface area contributed by atoms with Gasteiger partial charge in [-0.15, -0.1) is 0 Å². The molecule has 0 bridgehead atoms. The SMILES string of the molecule is c1ccc(-c2cc(-c3ccccc3)nc(-n3c4ccccc4c4ccc5c(c43)SC(c3ccccc3)N5)n2)cc1. The first-order valence-electron chi connectivity index (χ1n) is 13.4. The van der Waals surface area contributed by atoms with Crippen molar-refractivity contribution < 1.29 is 0 Å². The van der Waals surface area contributed by atoms with E-state index in [-0.39, 0.29) is 5.37 Å². The first kappa shape index (κ1) is 23.1. The van der Waals surface area contributed by atoms with E-state index in [1.807, 2.05) is 23.9 Å². The molecule has 2 aromatic heterocycles. The van der Waals surface area contributed by atoms with Crippen LogP contribution in [-0.4, -0.2) is 14.5 Å². The van der Waals surface area contributed by atoms with Crippen LogP contribution in [0.15, 0.2) is 138 Å². The predicted molar refractivity (Wildman–Crippen MR) is 166 cm³/mol. The number of anilines is 1. The van der Waals surface area contributed by atoms with Crippen LogP contribution < -0.4 is 5.32 Å². The van der Waals surface area contributed by atoms with Gasteiger partial charge in [0.25, 0.3) is 0 Å². The minimum atomic E-state index is 0.143. The Hall–Kier alpha value is -4.87. The highest BCUT2D eigenvalue weighted by Gasteiger charge is 2.28. The van der Waals surface area contributed by atoms with Gasteiger partial charge in [-0.2, -0.15) is 0 Å². The fourth-order valence-electron chi connectivity index (χ4n) is 5.58. The summed E-state index contributed by atoms with van der Waals surface area (Å²) in [6, 6.07) is 46.4. The van der Waals surface area contributed by atoms with Gasteiger partial charge in [-0.3, -0.25) is 4.57 Å². The molecule has 5 heteroatoms. The molecule has 8 rings (SSSR count). The smallest absolute Gasteiger partial charge is 0.235 e. The minimum absolute atomic E-state index is 0.143. The number of hydrogen-bond donors (Lipinski definition) is 1. The Labute approximate surface area is 236 Å². The molecule has 1 atom stereocenters. The zero-order valence-corrected chi connectivity index (χ0v) is 22.3. The van der Waals surface area contributed by atoms with Crippen molar-refractivity contribution in [2.75, 3.05) is 5.32 Å². The Morgan fingerprint density at radius 2 is 1.20 bits per heavy atom. The highest BCUT2D eigenvalue weighted by molar-refractivity contribution is 8.00. The van der Waals surface area contributed by atoms with Crippen LogP contribution in [-0.2, 0) is 0 Å². The number of para-hydroxylation sites is 1. The lowest BCUT2D eigenvalue weighted by Gasteiger charge is -2.13. The summed E-state index contributed by atoms with van der Waals surface area (Å²) in [6.45, 7) is 0. The Morgan fingerprint density at radius 3 is 1.88 bits per heavy atom. The molecule has 1 aliphatic heterocycles. The standard InChI is InChI=1S/C35H24N4S/c1-4-12-23(13-5-1)29-22-30(24-14-6-2-7-15-24)38-35(37-29)39-31-19-11-10-18-26(31)27-20-21-28-33(32(27)39)40-34(36-28)25-16-8-3-9-17-25/h1-22,34,36H. The lowest BCUT2D eigenvalue weighted by Crippen LogP contribution is -2.04. The quantitative estimate of drug-likeness (QED) is 0.245. The second kappa shape index (κ2) is 9.40. The average Bonchev–Trinajstić information content (AvgIpc) is 3.62. The van der Waals surface area contributed by atoms with Gasteiger partial charge >= 0.3 is 0 Å². The molecule has 0 spiro atoms. The first-order valence-corrected chi connectivity index (χ1v) is 14.3. The number of benzene rings is 5. The summed E-state index contributed by atoms with van der Waals surface area (Å²) in [4.78, 5) is 11.6. The van der Waals surface area contributed by atoms with Crippen molar-refractivity contribution >= 4 is 39.3 Å². The molecule has 0 fully saturated rings. The number of thioether (sulfide) groups is 1. The Balaban J connectivity index is 1.41. The number of fused-ring (bicyclic) bond motifs is 5. The van der Waals surface area contributed by atoms with Gasteiger partial charge in [0.05, 0.1) is 33.0 Å². The monoisotopic (exact) mass is 532 g/mol. The number of hydrogen-bond acceptors (Lipinski definition) is 4. The lowest BCUT2D eigenvalue weighted by molar-refractivity contribution is 0.989. The molecule has 0 saturated heterocycles. The van der Waals surface area contributed by atoms with E-state index in [1.54, 1.807) is 0 Å². The van der Waals surface area contributed by atoms with Crippen LogP contribution in [0.2, 0.25) is 0 Å². The second-order valence-corrected chi connectivity index (χ2v) is 11.0. The van der Waals surface area contributed by atoms with Crippen LogP contribution in [0.4, 0.5) is 5.69 Å². The fraction of sp³-hybridized carbons (Fsp3) is 0.0286. The number of nitrogens with zero attached hydrogens (tertiary/aromatic N) is 3. The second-order valence-electron chi connectivity index (χ2n) is 9.91. The molecule has 5 aromatic carbocycles. The van der Waals surface area contributed by atoms with Crippen molar-refractivity contribution in [3.63, 3.8) is 0 Å². The number of nitrogens with one attached hydrogen (secondary N) is 1. The molecule has 1 aliphatic rings.